The summed E-state index contributed by atoms with van der Waals surface area (Å²) in [5.74, 6) is 0.768. The molecule has 0 unspecified atom stereocenters. The molecule has 0 saturated carbocycles. The van der Waals surface area contributed by atoms with Crippen LogP contribution in [0.25, 0.3) is 72.7 Å². The number of aromatic nitrogens is 4. The third-order valence-electron chi connectivity index (χ3n) is 11.5. The Kier molecular flexibility index (Phi) is 7.88. The third-order valence-corrected chi connectivity index (χ3v) is 13.6. The summed E-state index contributed by atoms with van der Waals surface area (Å²) in [6.07, 6.45) is 23.9. The van der Waals surface area contributed by atoms with Crippen LogP contribution in [-0.2, 0) is 6.42 Å². The quantitative estimate of drug-likeness (QED) is 0.161. The van der Waals surface area contributed by atoms with E-state index in [0.717, 1.165) is 61.4 Å². The summed E-state index contributed by atoms with van der Waals surface area (Å²) in [7, 11) is -1.42. The molecular weight excluding hydrogens is 673 g/mol. The molecule has 0 bridgehead atoms. The number of benzene rings is 4. The second-order valence-corrected chi connectivity index (χ2v) is 21.1. The highest BCUT2D eigenvalue weighted by molar-refractivity contribution is 6.88. The Morgan fingerprint density at radius 1 is 0.556 bits per heavy atom. The maximum Gasteiger partial charge on any atom is 0.235 e. The lowest BCUT2D eigenvalue weighted by Crippen LogP contribution is -2.37. The van der Waals surface area contributed by atoms with Gasteiger partial charge in [0.2, 0.25) is 5.95 Å². The van der Waals surface area contributed by atoms with E-state index in [4.69, 9.17) is 9.97 Å². The second-order valence-electron chi connectivity index (χ2n) is 16.0. The zero-order valence-corrected chi connectivity index (χ0v) is 32.3. The molecule has 0 fully saturated rings. The van der Waals surface area contributed by atoms with Crippen LogP contribution < -0.4 is 5.19 Å². The maximum absolute atomic E-state index is 5.37. The molecule has 0 saturated heterocycles. The average molecular weight is 717 g/mol. The van der Waals surface area contributed by atoms with E-state index in [-0.39, 0.29) is 0 Å². The second kappa shape index (κ2) is 13.0. The molecule has 3 aromatic heterocycles. The summed E-state index contributed by atoms with van der Waals surface area (Å²) in [4.78, 5) is 10.7. The van der Waals surface area contributed by atoms with Gasteiger partial charge in [-0.25, -0.2) is 9.97 Å². The van der Waals surface area contributed by atoms with Crippen molar-refractivity contribution in [3.63, 3.8) is 0 Å². The first-order chi connectivity index (χ1) is 26.4. The van der Waals surface area contributed by atoms with E-state index in [1.165, 1.54) is 71.6 Å². The highest BCUT2D eigenvalue weighted by Gasteiger charge is 2.24. The van der Waals surface area contributed by atoms with Gasteiger partial charge < -0.3 is 4.57 Å². The number of fused-ring (bicyclic) bond motifs is 6. The normalized spacial score (nSPS) is 15.6. The lowest BCUT2D eigenvalue weighted by Gasteiger charge is -2.17. The van der Waals surface area contributed by atoms with Crippen LogP contribution in [0.2, 0.25) is 19.6 Å². The van der Waals surface area contributed by atoms with Crippen LogP contribution in [0.4, 0.5) is 0 Å². The van der Waals surface area contributed by atoms with Gasteiger partial charge >= 0.3 is 0 Å². The molecule has 0 N–H and O–H groups in total. The Labute approximate surface area is 318 Å². The maximum atomic E-state index is 5.37. The molecule has 3 aliphatic carbocycles. The molecule has 0 spiro atoms. The zero-order chi connectivity index (χ0) is 36.4. The number of para-hydroxylation sites is 1. The molecule has 0 atom stereocenters. The molecule has 4 nitrogen and oxygen atoms in total. The molecule has 3 heterocycles. The fourth-order valence-electron chi connectivity index (χ4n) is 8.66. The fraction of sp³-hybridized carbons (Fsp3) is 0.184. The van der Waals surface area contributed by atoms with E-state index in [0.29, 0.717) is 0 Å². The SMILES string of the molecule is C[Si](C)(C)c1ccc(-n2c3ccccc3c3ccc(-c4ccc5c6c(n(-c7nc(C8=CC=CCC8)cc(C8=CC=CCC8)n7)c5c4)CCC=C6)cc32)cc1. The van der Waals surface area contributed by atoms with Crippen molar-refractivity contribution in [1.29, 1.82) is 0 Å². The number of hydrogen-bond acceptors (Lipinski definition) is 2. The van der Waals surface area contributed by atoms with Gasteiger partial charge in [0.25, 0.3) is 0 Å². The molecule has 264 valence electrons. The third kappa shape index (κ3) is 5.57. The highest BCUT2D eigenvalue weighted by Crippen LogP contribution is 2.39. The summed E-state index contributed by atoms with van der Waals surface area (Å²) in [5, 5.41) is 5.27. The van der Waals surface area contributed by atoms with Crippen LogP contribution >= 0.6 is 0 Å². The van der Waals surface area contributed by atoms with E-state index in [9.17, 15) is 0 Å². The van der Waals surface area contributed by atoms with Crippen molar-refractivity contribution >= 4 is 63.2 Å². The first-order valence-electron chi connectivity index (χ1n) is 19.5. The molecule has 0 aliphatic heterocycles. The molecule has 10 rings (SSSR count). The molecule has 3 aliphatic rings. The van der Waals surface area contributed by atoms with E-state index in [1.807, 2.05) is 0 Å². The minimum atomic E-state index is -1.42. The van der Waals surface area contributed by atoms with Crippen molar-refractivity contribution in [2.24, 2.45) is 0 Å². The van der Waals surface area contributed by atoms with Crippen molar-refractivity contribution in [3.05, 3.63) is 156 Å². The summed E-state index contributed by atoms with van der Waals surface area (Å²) >= 11 is 0. The first kappa shape index (κ1) is 32.8. The van der Waals surface area contributed by atoms with Gasteiger partial charge in [-0.1, -0.05) is 128 Å². The Hall–Kier alpha value is -5.78. The van der Waals surface area contributed by atoms with E-state index in [1.54, 1.807) is 0 Å². The van der Waals surface area contributed by atoms with Gasteiger partial charge in [0.05, 0.1) is 36.0 Å². The zero-order valence-electron chi connectivity index (χ0n) is 31.3. The van der Waals surface area contributed by atoms with E-state index in [2.05, 4.69) is 168 Å². The topological polar surface area (TPSA) is 35.6 Å². The van der Waals surface area contributed by atoms with E-state index >= 15 is 0 Å². The molecule has 7 aromatic rings. The molecule has 4 aromatic carbocycles. The lowest BCUT2D eigenvalue weighted by molar-refractivity contribution is 0.837. The van der Waals surface area contributed by atoms with Crippen LogP contribution in [0.1, 0.15) is 54.7 Å². The lowest BCUT2D eigenvalue weighted by atomic mass is 9.98. The predicted octanol–water partition coefficient (Wildman–Crippen LogP) is 12.2. The van der Waals surface area contributed by atoms with Gasteiger partial charge in [-0.3, -0.25) is 4.57 Å². The number of rotatable bonds is 6. The number of hydrogen-bond donors (Lipinski definition) is 0. The van der Waals surface area contributed by atoms with Crippen LogP contribution in [0, 0.1) is 0 Å². The Bertz CT molecular complexity index is 2740. The van der Waals surface area contributed by atoms with Crippen molar-refractivity contribution in [2.45, 2.75) is 58.2 Å². The summed E-state index contributed by atoms with van der Waals surface area (Å²) in [5.41, 5.74) is 14.4. The van der Waals surface area contributed by atoms with Crippen molar-refractivity contribution < 1.29 is 0 Å². The van der Waals surface area contributed by atoms with Crippen LogP contribution in [-0.4, -0.2) is 27.2 Å². The fourth-order valence-corrected chi connectivity index (χ4v) is 9.83. The standard InChI is InChI=1S/C49H44N4Si/c1-54(2,3)38-26-24-37(25-27-38)52-45-20-12-10-18-39(45)41-28-22-35(30-47(41)52)36-23-29-42-40-19-11-13-21-46(40)53(48(42)31-36)49-50-43(33-14-6-4-7-15-33)32-44(51-49)34-16-8-5-9-17-34/h4-6,8,10-12,14,16,18-20,22-32H,7,9,13,15,17,21H2,1-3H3. The molecule has 0 radical (unpaired) electrons. The Morgan fingerprint density at radius 3 is 1.81 bits per heavy atom. The average Bonchev–Trinajstić information content (AvgIpc) is 3.73. The number of nitrogens with zero attached hydrogens (tertiary/aromatic N) is 4. The largest absolute Gasteiger partial charge is 0.309 e. The van der Waals surface area contributed by atoms with E-state index < -0.39 is 8.07 Å². The predicted molar refractivity (Wildman–Crippen MR) is 232 cm³/mol. The summed E-state index contributed by atoms with van der Waals surface area (Å²) in [6.45, 7) is 7.23. The Morgan fingerprint density at radius 2 is 1.17 bits per heavy atom. The summed E-state index contributed by atoms with van der Waals surface area (Å²) < 4.78 is 4.82. The smallest absolute Gasteiger partial charge is 0.235 e. The molecular formula is C49H44N4Si. The van der Waals surface area contributed by atoms with Crippen molar-refractivity contribution in [2.75, 3.05) is 0 Å². The van der Waals surface area contributed by atoms with Gasteiger partial charge in [-0.2, -0.15) is 0 Å². The first-order valence-corrected chi connectivity index (χ1v) is 23.0. The van der Waals surface area contributed by atoms with Crippen LogP contribution in [0.3, 0.4) is 0 Å². The molecule has 54 heavy (non-hydrogen) atoms. The van der Waals surface area contributed by atoms with Gasteiger partial charge in [0, 0.05) is 33.1 Å². The summed E-state index contributed by atoms with van der Waals surface area (Å²) in [6, 6.07) is 34.3. The monoisotopic (exact) mass is 716 g/mol. The van der Waals surface area contributed by atoms with Gasteiger partial charge in [-0.05, 0) is 97.2 Å². The molecule has 0 amide bonds. The highest BCUT2D eigenvalue weighted by atomic mass is 28.3. The minimum Gasteiger partial charge on any atom is -0.309 e. The van der Waals surface area contributed by atoms with Gasteiger partial charge in [0.1, 0.15) is 0 Å². The van der Waals surface area contributed by atoms with Crippen LogP contribution in [0.15, 0.2) is 134 Å². The minimum absolute atomic E-state index is 0.768. The van der Waals surface area contributed by atoms with Crippen molar-refractivity contribution in [1.82, 2.24) is 19.1 Å². The van der Waals surface area contributed by atoms with Crippen molar-refractivity contribution in [3.8, 4) is 22.8 Å². The van der Waals surface area contributed by atoms with Gasteiger partial charge in [0.15, 0.2) is 0 Å². The van der Waals surface area contributed by atoms with Crippen LogP contribution in [0.5, 0.6) is 0 Å². The Balaban J connectivity index is 1.17. The number of allylic oxidation sites excluding steroid dienone is 9. The molecule has 5 heteroatoms. The van der Waals surface area contributed by atoms with Gasteiger partial charge in [-0.15, -0.1) is 0 Å².